The lowest BCUT2D eigenvalue weighted by Gasteiger charge is -2.31. The number of rotatable bonds is 5. The van der Waals surface area contributed by atoms with E-state index in [0.717, 1.165) is 18.6 Å². The van der Waals surface area contributed by atoms with Crippen molar-refractivity contribution in [3.63, 3.8) is 0 Å². The summed E-state index contributed by atoms with van der Waals surface area (Å²) in [7, 11) is -3.62. The lowest BCUT2D eigenvalue weighted by molar-refractivity contribution is -0.126. The first kappa shape index (κ1) is 17.9. The molecule has 0 aromatic heterocycles. The largest absolute Gasteiger partial charge is 0.353 e. The Bertz CT molecular complexity index is 638. The summed E-state index contributed by atoms with van der Waals surface area (Å²) in [4.78, 5) is 12.2. The van der Waals surface area contributed by atoms with Gasteiger partial charge in [-0.15, -0.1) is 0 Å². The van der Waals surface area contributed by atoms with Crippen molar-refractivity contribution < 1.29 is 17.6 Å². The Labute approximate surface area is 136 Å². The Morgan fingerprint density at radius 3 is 2.39 bits per heavy atom. The summed E-state index contributed by atoms with van der Waals surface area (Å²) < 4.78 is 39.3. The van der Waals surface area contributed by atoms with E-state index < -0.39 is 15.8 Å². The molecule has 0 radical (unpaired) electrons. The molecule has 1 saturated heterocycles. The molecule has 0 bridgehead atoms. The van der Waals surface area contributed by atoms with E-state index in [4.69, 9.17) is 0 Å². The van der Waals surface area contributed by atoms with Crippen LogP contribution in [-0.4, -0.2) is 37.8 Å². The van der Waals surface area contributed by atoms with Gasteiger partial charge in [-0.3, -0.25) is 4.79 Å². The summed E-state index contributed by atoms with van der Waals surface area (Å²) in [5.41, 5.74) is 0. The second kappa shape index (κ2) is 7.40. The van der Waals surface area contributed by atoms with Gasteiger partial charge in [0.05, 0.1) is 4.90 Å². The lowest BCUT2D eigenvalue weighted by Crippen LogP contribution is -2.44. The van der Waals surface area contributed by atoms with Gasteiger partial charge in [-0.1, -0.05) is 6.92 Å². The van der Waals surface area contributed by atoms with Crippen molar-refractivity contribution in [2.24, 2.45) is 5.92 Å². The average molecular weight is 342 g/mol. The van der Waals surface area contributed by atoms with Gasteiger partial charge in [-0.25, -0.2) is 12.8 Å². The first-order valence-corrected chi connectivity index (χ1v) is 9.34. The molecule has 2 rings (SSSR count). The summed E-state index contributed by atoms with van der Waals surface area (Å²) in [6, 6.07) is 4.94. The minimum Gasteiger partial charge on any atom is -0.353 e. The van der Waals surface area contributed by atoms with Gasteiger partial charge in [0.2, 0.25) is 15.9 Å². The van der Waals surface area contributed by atoms with Gasteiger partial charge in [0.25, 0.3) is 0 Å². The minimum absolute atomic E-state index is 0.00169. The lowest BCUT2D eigenvalue weighted by atomic mass is 9.97. The number of halogens is 1. The monoisotopic (exact) mass is 342 g/mol. The van der Waals surface area contributed by atoms with Gasteiger partial charge in [-0.2, -0.15) is 4.31 Å². The summed E-state index contributed by atoms with van der Waals surface area (Å²) in [5, 5.41) is 2.94. The number of hydrogen-bond acceptors (Lipinski definition) is 3. The zero-order valence-corrected chi connectivity index (χ0v) is 14.3. The summed E-state index contributed by atoms with van der Waals surface area (Å²) in [6.45, 7) is 4.56. The minimum atomic E-state index is -3.62. The maximum atomic E-state index is 12.9. The van der Waals surface area contributed by atoms with E-state index in [2.05, 4.69) is 5.32 Å². The van der Waals surface area contributed by atoms with Crippen LogP contribution >= 0.6 is 0 Å². The molecule has 0 aliphatic carbocycles. The zero-order valence-electron chi connectivity index (χ0n) is 13.5. The van der Waals surface area contributed by atoms with Crippen LogP contribution in [0.2, 0.25) is 0 Å². The zero-order chi connectivity index (χ0) is 17.0. The van der Waals surface area contributed by atoms with E-state index in [0.29, 0.717) is 25.9 Å². The molecule has 0 saturated carbocycles. The molecule has 1 aliphatic rings. The van der Waals surface area contributed by atoms with Crippen molar-refractivity contribution in [1.82, 2.24) is 9.62 Å². The van der Waals surface area contributed by atoms with Gasteiger partial charge in [-0.05, 0) is 50.5 Å². The number of piperidine rings is 1. The number of sulfonamides is 1. The predicted octanol–water partition coefficient (Wildman–Crippen LogP) is 2.14. The van der Waals surface area contributed by atoms with Gasteiger partial charge >= 0.3 is 0 Å². The number of amides is 1. The first-order chi connectivity index (χ1) is 10.8. The van der Waals surface area contributed by atoms with Gasteiger partial charge in [0.15, 0.2) is 0 Å². The Balaban J connectivity index is 1.98. The molecule has 1 aromatic carbocycles. The van der Waals surface area contributed by atoms with Crippen LogP contribution in [0.1, 0.15) is 33.1 Å². The molecule has 0 spiro atoms. The quantitative estimate of drug-likeness (QED) is 0.891. The van der Waals surface area contributed by atoms with Crippen molar-refractivity contribution in [2.75, 3.05) is 13.1 Å². The normalized spacial score (nSPS) is 18.6. The van der Waals surface area contributed by atoms with Crippen molar-refractivity contribution in [3.8, 4) is 0 Å². The Hall–Kier alpha value is -1.47. The highest BCUT2D eigenvalue weighted by Crippen LogP contribution is 2.24. The molecule has 1 heterocycles. The van der Waals surface area contributed by atoms with Gasteiger partial charge in [0.1, 0.15) is 5.82 Å². The highest BCUT2D eigenvalue weighted by atomic mass is 32.2. The van der Waals surface area contributed by atoms with Crippen LogP contribution in [0.4, 0.5) is 4.39 Å². The number of hydrogen-bond donors (Lipinski definition) is 1. The molecular formula is C16H23FN2O3S. The second-order valence-corrected chi connectivity index (χ2v) is 7.89. The number of carbonyl (C=O) groups is 1. The standard InChI is InChI=1S/C16H23FN2O3S/c1-3-12(2)18-16(20)13-8-10-19(11-9-13)23(21,22)15-6-4-14(17)5-7-15/h4-7,12-13H,3,8-11H2,1-2H3,(H,18,20)/t12-/m1/s1. The van der Waals surface area contributed by atoms with Crippen LogP contribution in [-0.2, 0) is 14.8 Å². The number of nitrogens with one attached hydrogen (secondary N) is 1. The van der Waals surface area contributed by atoms with E-state index in [1.807, 2.05) is 13.8 Å². The molecule has 5 nitrogen and oxygen atoms in total. The van der Waals surface area contributed by atoms with Crippen LogP contribution in [0, 0.1) is 11.7 Å². The van der Waals surface area contributed by atoms with Crippen molar-refractivity contribution in [3.05, 3.63) is 30.1 Å². The Morgan fingerprint density at radius 1 is 1.30 bits per heavy atom. The summed E-state index contributed by atoms with van der Waals surface area (Å²) in [5.74, 6) is -0.619. The molecule has 1 fully saturated rings. The summed E-state index contributed by atoms with van der Waals surface area (Å²) in [6.07, 6.45) is 1.87. The Kier molecular flexibility index (Phi) is 5.75. The fourth-order valence-corrected chi connectivity index (χ4v) is 4.05. The average Bonchev–Trinajstić information content (AvgIpc) is 2.55. The Morgan fingerprint density at radius 2 is 1.87 bits per heavy atom. The highest BCUT2D eigenvalue weighted by Gasteiger charge is 2.32. The fraction of sp³-hybridized carbons (Fsp3) is 0.562. The topological polar surface area (TPSA) is 66.5 Å². The van der Waals surface area contributed by atoms with E-state index in [1.165, 1.54) is 16.4 Å². The molecule has 23 heavy (non-hydrogen) atoms. The van der Waals surface area contributed by atoms with E-state index in [-0.39, 0.29) is 22.8 Å². The third kappa shape index (κ3) is 4.29. The maximum Gasteiger partial charge on any atom is 0.243 e. The van der Waals surface area contributed by atoms with Crippen LogP contribution < -0.4 is 5.32 Å². The van der Waals surface area contributed by atoms with Crippen LogP contribution in [0.5, 0.6) is 0 Å². The second-order valence-electron chi connectivity index (χ2n) is 5.95. The van der Waals surface area contributed by atoms with E-state index in [1.54, 1.807) is 0 Å². The van der Waals surface area contributed by atoms with Crippen LogP contribution in [0.25, 0.3) is 0 Å². The molecule has 1 N–H and O–H groups in total. The predicted molar refractivity (Wildman–Crippen MR) is 85.8 cm³/mol. The summed E-state index contributed by atoms with van der Waals surface area (Å²) >= 11 is 0. The molecular weight excluding hydrogens is 319 g/mol. The molecule has 0 unspecified atom stereocenters. The number of benzene rings is 1. The molecule has 1 aliphatic heterocycles. The number of nitrogens with zero attached hydrogens (tertiary/aromatic N) is 1. The van der Waals surface area contributed by atoms with Crippen molar-refractivity contribution in [2.45, 2.75) is 44.0 Å². The van der Waals surface area contributed by atoms with E-state index in [9.17, 15) is 17.6 Å². The van der Waals surface area contributed by atoms with Gasteiger partial charge in [0, 0.05) is 25.0 Å². The molecule has 1 atom stereocenters. The smallest absolute Gasteiger partial charge is 0.243 e. The third-order valence-corrected chi connectivity index (χ3v) is 6.19. The first-order valence-electron chi connectivity index (χ1n) is 7.90. The third-order valence-electron chi connectivity index (χ3n) is 4.28. The highest BCUT2D eigenvalue weighted by molar-refractivity contribution is 7.89. The molecule has 1 aromatic rings. The van der Waals surface area contributed by atoms with Crippen LogP contribution in [0.15, 0.2) is 29.2 Å². The molecule has 7 heteroatoms. The molecule has 1 amide bonds. The number of carbonyl (C=O) groups excluding carboxylic acids is 1. The maximum absolute atomic E-state index is 12.9. The van der Waals surface area contributed by atoms with Crippen molar-refractivity contribution in [1.29, 1.82) is 0 Å². The van der Waals surface area contributed by atoms with Gasteiger partial charge < -0.3 is 5.32 Å². The SMILES string of the molecule is CC[C@@H](C)NC(=O)C1CCN(S(=O)(=O)c2ccc(F)cc2)CC1. The fourth-order valence-electron chi connectivity index (χ4n) is 2.58. The molecule has 128 valence electrons. The van der Waals surface area contributed by atoms with Crippen LogP contribution in [0.3, 0.4) is 0 Å². The van der Waals surface area contributed by atoms with Crippen molar-refractivity contribution >= 4 is 15.9 Å². The van der Waals surface area contributed by atoms with E-state index >= 15 is 0 Å².